The molecule has 0 aliphatic carbocycles. The Hall–Kier alpha value is -0.530. The molecule has 13 heavy (non-hydrogen) atoms. The van der Waals surface area contributed by atoms with E-state index >= 15 is 0 Å². The van der Waals surface area contributed by atoms with Crippen LogP contribution in [0.1, 0.15) is 46.5 Å². The molecule has 2 nitrogen and oxygen atoms in total. The third-order valence-electron chi connectivity index (χ3n) is 1.68. The molecule has 0 aliphatic rings. The van der Waals surface area contributed by atoms with Gasteiger partial charge in [0.05, 0.1) is 13.0 Å². The lowest BCUT2D eigenvalue weighted by molar-refractivity contribution is -0.140. The van der Waals surface area contributed by atoms with Gasteiger partial charge in [-0.3, -0.25) is 4.79 Å². The summed E-state index contributed by atoms with van der Waals surface area (Å²) < 4.78 is 4.99. The highest BCUT2D eigenvalue weighted by Crippen LogP contribution is 2.03. The molecule has 1 radical (unpaired) electrons. The molecule has 0 amide bonds. The van der Waals surface area contributed by atoms with Crippen LogP contribution >= 0.6 is 0 Å². The summed E-state index contributed by atoms with van der Waals surface area (Å²) in [6.45, 7) is 6.74. The smallest absolute Gasteiger partial charge is 0.309 e. The number of esters is 1. The van der Waals surface area contributed by atoms with Gasteiger partial charge in [0.15, 0.2) is 0 Å². The third kappa shape index (κ3) is 9.38. The third-order valence-corrected chi connectivity index (χ3v) is 1.68. The van der Waals surface area contributed by atoms with E-state index in [1.165, 1.54) is 12.8 Å². The highest BCUT2D eigenvalue weighted by molar-refractivity contribution is 5.78. The monoisotopic (exact) mass is 185 g/mol. The summed E-state index contributed by atoms with van der Waals surface area (Å²) in [5, 5.41) is 0. The van der Waals surface area contributed by atoms with Gasteiger partial charge in [-0.25, -0.2) is 0 Å². The van der Waals surface area contributed by atoms with Gasteiger partial charge < -0.3 is 4.74 Å². The van der Waals surface area contributed by atoms with Gasteiger partial charge in [0.2, 0.25) is 0 Å². The lowest BCUT2D eigenvalue weighted by atomic mass is 10.1. The van der Waals surface area contributed by atoms with E-state index in [0.29, 0.717) is 12.5 Å². The fourth-order valence-corrected chi connectivity index (χ4v) is 0.922. The van der Waals surface area contributed by atoms with Gasteiger partial charge in [-0.05, 0) is 12.3 Å². The Morgan fingerprint density at radius 2 is 2.08 bits per heavy atom. The molecule has 0 fully saturated rings. The van der Waals surface area contributed by atoms with E-state index in [1.807, 2.05) is 13.8 Å². The van der Waals surface area contributed by atoms with Crippen LogP contribution in [0.4, 0.5) is 0 Å². The van der Waals surface area contributed by atoms with Gasteiger partial charge in [-0.2, -0.15) is 0 Å². The zero-order chi connectivity index (χ0) is 10.1. The standard InChI is InChI=1S/C11H21O2/c1-4-5-6-7-8-11(12)13-9-10(2)3/h8,10H,4-7,9H2,1-3H3. The number of carbonyl (C=O) groups is 1. The second-order valence-electron chi connectivity index (χ2n) is 3.72. The Bertz CT molecular complexity index is 130. The van der Waals surface area contributed by atoms with Crippen LogP contribution in [-0.2, 0) is 9.53 Å². The van der Waals surface area contributed by atoms with E-state index in [2.05, 4.69) is 6.92 Å². The Kier molecular flexibility index (Phi) is 7.76. The molecule has 0 N–H and O–H groups in total. The van der Waals surface area contributed by atoms with Gasteiger partial charge in [-0.1, -0.05) is 40.0 Å². The van der Waals surface area contributed by atoms with Crippen LogP contribution in [0.25, 0.3) is 0 Å². The van der Waals surface area contributed by atoms with Crippen LogP contribution in [0, 0.1) is 12.3 Å². The Morgan fingerprint density at radius 1 is 1.38 bits per heavy atom. The molecule has 0 aliphatic heterocycles. The Labute approximate surface area is 81.7 Å². The molecule has 0 bridgehead atoms. The molecule has 0 aromatic rings. The van der Waals surface area contributed by atoms with Crippen LogP contribution in [0.2, 0.25) is 0 Å². The molecule has 0 saturated heterocycles. The number of ether oxygens (including phenoxy) is 1. The second-order valence-corrected chi connectivity index (χ2v) is 3.72. The van der Waals surface area contributed by atoms with Crippen molar-refractivity contribution >= 4 is 5.97 Å². The summed E-state index contributed by atoms with van der Waals surface area (Å²) in [6.07, 6.45) is 5.97. The summed E-state index contributed by atoms with van der Waals surface area (Å²) in [7, 11) is 0. The minimum absolute atomic E-state index is 0.162. The molecular weight excluding hydrogens is 164 g/mol. The predicted molar refractivity (Wildman–Crippen MR) is 54.2 cm³/mol. The van der Waals surface area contributed by atoms with Crippen LogP contribution in [0.15, 0.2) is 0 Å². The van der Waals surface area contributed by atoms with E-state index in [0.717, 1.165) is 12.8 Å². The SMILES string of the molecule is CCCCC[CH]C(=O)OCC(C)C. The summed E-state index contributed by atoms with van der Waals surface area (Å²) >= 11 is 0. The molecule has 0 saturated carbocycles. The lowest BCUT2D eigenvalue weighted by Gasteiger charge is -2.06. The minimum atomic E-state index is -0.162. The quantitative estimate of drug-likeness (QED) is 0.450. The number of hydrogen-bond acceptors (Lipinski definition) is 2. The van der Waals surface area contributed by atoms with Gasteiger partial charge >= 0.3 is 5.97 Å². The molecule has 0 unspecified atom stereocenters. The first-order chi connectivity index (χ1) is 6.16. The van der Waals surface area contributed by atoms with Crippen molar-refractivity contribution in [2.45, 2.75) is 46.5 Å². The summed E-state index contributed by atoms with van der Waals surface area (Å²) in [5.74, 6) is 0.262. The average molecular weight is 185 g/mol. The molecule has 2 heteroatoms. The van der Waals surface area contributed by atoms with E-state index in [1.54, 1.807) is 6.42 Å². The zero-order valence-corrected chi connectivity index (χ0v) is 9.01. The largest absolute Gasteiger partial charge is 0.465 e. The topological polar surface area (TPSA) is 26.3 Å². The molecule has 77 valence electrons. The maximum absolute atomic E-state index is 11.0. The van der Waals surface area contributed by atoms with Gasteiger partial charge in [-0.15, -0.1) is 0 Å². The average Bonchev–Trinajstić information content (AvgIpc) is 2.09. The second kappa shape index (κ2) is 8.09. The van der Waals surface area contributed by atoms with E-state index < -0.39 is 0 Å². The van der Waals surface area contributed by atoms with Crippen molar-refractivity contribution in [3.8, 4) is 0 Å². The minimum Gasteiger partial charge on any atom is -0.465 e. The van der Waals surface area contributed by atoms with Crippen molar-refractivity contribution in [2.75, 3.05) is 6.61 Å². The first kappa shape index (κ1) is 12.5. The van der Waals surface area contributed by atoms with Crippen LogP contribution in [0.5, 0.6) is 0 Å². The maximum Gasteiger partial charge on any atom is 0.309 e. The van der Waals surface area contributed by atoms with Gasteiger partial charge in [0.25, 0.3) is 0 Å². The van der Waals surface area contributed by atoms with E-state index in [9.17, 15) is 4.79 Å². The fraction of sp³-hybridized carbons (Fsp3) is 0.818. The van der Waals surface area contributed by atoms with Crippen molar-refractivity contribution in [1.82, 2.24) is 0 Å². The van der Waals surface area contributed by atoms with E-state index in [4.69, 9.17) is 4.74 Å². The highest BCUT2D eigenvalue weighted by Gasteiger charge is 2.03. The lowest BCUT2D eigenvalue weighted by Crippen LogP contribution is -2.09. The number of hydrogen-bond donors (Lipinski definition) is 0. The molecule has 0 spiro atoms. The van der Waals surface area contributed by atoms with Crippen LogP contribution < -0.4 is 0 Å². The summed E-state index contributed by atoms with van der Waals surface area (Å²) in [5.41, 5.74) is 0. The van der Waals surface area contributed by atoms with Crippen molar-refractivity contribution in [1.29, 1.82) is 0 Å². The zero-order valence-electron chi connectivity index (χ0n) is 9.01. The fourth-order valence-electron chi connectivity index (χ4n) is 0.922. The molecule has 0 aromatic carbocycles. The number of unbranched alkanes of at least 4 members (excludes halogenated alkanes) is 3. The van der Waals surface area contributed by atoms with Crippen molar-refractivity contribution in [3.63, 3.8) is 0 Å². The molecule has 0 atom stereocenters. The highest BCUT2D eigenvalue weighted by atomic mass is 16.5. The van der Waals surface area contributed by atoms with Crippen molar-refractivity contribution in [2.24, 2.45) is 5.92 Å². The molecule has 0 heterocycles. The summed E-state index contributed by atoms with van der Waals surface area (Å²) in [4.78, 5) is 11.0. The number of rotatable bonds is 7. The first-order valence-corrected chi connectivity index (χ1v) is 5.16. The maximum atomic E-state index is 11.0. The predicted octanol–water partition coefficient (Wildman–Crippen LogP) is 2.97. The molecule has 0 rings (SSSR count). The van der Waals surface area contributed by atoms with Crippen molar-refractivity contribution < 1.29 is 9.53 Å². The van der Waals surface area contributed by atoms with Crippen LogP contribution in [-0.4, -0.2) is 12.6 Å². The normalized spacial score (nSPS) is 10.5. The van der Waals surface area contributed by atoms with E-state index in [-0.39, 0.29) is 5.97 Å². The van der Waals surface area contributed by atoms with Gasteiger partial charge in [0.1, 0.15) is 0 Å². The van der Waals surface area contributed by atoms with Crippen molar-refractivity contribution in [3.05, 3.63) is 6.42 Å². The molecular formula is C11H21O2. The van der Waals surface area contributed by atoms with Crippen LogP contribution in [0.3, 0.4) is 0 Å². The molecule has 0 aromatic heterocycles. The summed E-state index contributed by atoms with van der Waals surface area (Å²) in [6, 6.07) is 0. The Morgan fingerprint density at radius 3 is 2.62 bits per heavy atom. The first-order valence-electron chi connectivity index (χ1n) is 5.16. The Balaban J connectivity index is 3.20. The number of carbonyl (C=O) groups excluding carboxylic acids is 1. The van der Waals surface area contributed by atoms with Gasteiger partial charge in [0, 0.05) is 0 Å².